The highest BCUT2D eigenvalue weighted by atomic mass is 32.2. The lowest BCUT2D eigenvalue weighted by Gasteiger charge is -2.31. The fraction of sp³-hybridized carbons (Fsp3) is 0.481. The minimum atomic E-state index is -0.482. The standard InChI is InChI=1S/C27H36N2O3S/c1-21(27(31)28-24-11-7-4-8-12-24)29(18-17-22-9-5-3-6-10-22)26(30)20-33-19-23-13-15-25(32-2)16-14-23/h3,5-6,9-10,13-16,21,24H,4,7-8,11-12,17-20H2,1-2H3,(H,28,31). The zero-order valence-corrected chi connectivity index (χ0v) is 20.6. The topological polar surface area (TPSA) is 58.6 Å². The molecule has 6 heteroatoms. The van der Waals surface area contributed by atoms with E-state index in [1.165, 1.54) is 12.0 Å². The van der Waals surface area contributed by atoms with Gasteiger partial charge in [-0.25, -0.2) is 0 Å². The molecule has 178 valence electrons. The normalized spacial score (nSPS) is 15.0. The largest absolute Gasteiger partial charge is 0.497 e. The summed E-state index contributed by atoms with van der Waals surface area (Å²) in [5.74, 6) is 1.89. The fourth-order valence-corrected chi connectivity index (χ4v) is 5.07. The predicted octanol–water partition coefficient (Wildman–Crippen LogP) is 4.84. The molecule has 2 aromatic rings. The molecule has 0 bridgehead atoms. The summed E-state index contributed by atoms with van der Waals surface area (Å²) in [4.78, 5) is 28.0. The molecule has 1 unspecified atom stereocenters. The van der Waals surface area contributed by atoms with Crippen LogP contribution in [0.15, 0.2) is 54.6 Å². The molecule has 1 N–H and O–H groups in total. The molecule has 0 aliphatic heterocycles. The SMILES string of the molecule is COc1ccc(CSCC(=O)N(CCc2ccccc2)C(C)C(=O)NC2CCCCC2)cc1. The van der Waals surface area contributed by atoms with Crippen LogP contribution < -0.4 is 10.1 Å². The lowest BCUT2D eigenvalue weighted by Crippen LogP contribution is -2.51. The van der Waals surface area contributed by atoms with Gasteiger partial charge in [0.2, 0.25) is 11.8 Å². The number of carbonyl (C=O) groups excluding carboxylic acids is 2. The Balaban J connectivity index is 1.58. The molecule has 2 aromatic carbocycles. The lowest BCUT2D eigenvalue weighted by molar-refractivity contribution is -0.138. The van der Waals surface area contributed by atoms with Gasteiger partial charge in [-0.2, -0.15) is 0 Å². The molecule has 2 amide bonds. The summed E-state index contributed by atoms with van der Waals surface area (Å²) in [7, 11) is 1.65. The van der Waals surface area contributed by atoms with Crippen LogP contribution in [0.2, 0.25) is 0 Å². The van der Waals surface area contributed by atoms with Crippen LogP contribution in [-0.2, 0) is 21.8 Å². The van der Waals surface area contributed by atoms with Crippen LogP contribution in [0.3, 0.4) is 0 Å². The van der Waals surface area contributed by atoms with E-state index in [1.54, 1.807) is 23.8 Å². The first-order chi connectivity index (χ1) is 16.1. The quantitative estimate of drug-likeness (QED) is 0.513. The maximum atomic E-state index is 13.2. The van der Waals surface area contributed by atoms with E-state index < -0.39 is 6.04 Å². The molecule has 0 heterocycles. The van der Waals surface area contributed by atoms with Crippen molar-refractivity contribution in [1.82, 2.24) is 10.2 Å². The second kappa shape index (κ2) is 13.3. The number of carbonyl (C=O) groups is 2. The number of nitrogens with zero attached hydrogens (tertiary/aromatic N) is 1. The van der Waals surface area contributed by atoms with Gasteiger partial charge >= 0.3 is 0 Å². The van der Waals surface area contributed by atoms with Crippen LogP contribution in [0.4, 0.5) is 0 Å². The Kier molecular flexibility index (Phi) is 10.1. The van der Waals surface area contributed by atoms with Gasteiger partial charge in [-0.05, 0) is 49.4 Å². The first-order valence-corrected chi connectivity index (χ1v) is 13.1. The number of methoxy groups -OCH3 is 1. The number of hydrogen-bond acceptors (Lipinski definition) is 4. The second-order valence-corrected chi connectivity index (χ2v) is 9.67. The molecule has 1 atom stereocenters. The molecule has 0 aromatic heterocycles. The average Bonchev–Trinajstić information content (AvgIpc) is 2.85. The van der Waals surface area contributed by atoms with E-state index >= 15 is 0 Å². The predicted molar refractivity (Wildman–Crippen MR) is 135 cm³/mol. The Labute approximate surface area is 202 Å². The number of benzene rings is 2. The van der Waals surface area contributed by atoms with E-state index in [-0.39, 0.29) is 17.9 Å². The molecule has 0 spiro atoms. The van der Waals surface area contributed by atoms with Crippen molar-refractivity contribution < 1.29 is 14.3 Å². The summed E-state index contributed by atoms with van der Waals surface area (Å²) in [5.41, 5.74) is 2.31. The monoisotopic (exact) mass is 468 g/mol. The van der Waals surface area contributed by atoms with E-state index in [0.29, 0.717) is 12.3 Å². The van der Waals surface area contributed by atoms with Crippen molar-refractivity contribution in [3.63, 3.8) is 0 Å². The third-order valence-corrected chi connectivity index (χ3v) is 7.24. The highest BCUT2D eigenvalue weighted by Crippen LogP contribution is 2.19. The minimum absolute atomic E-state index is 0.00994. The summed E-state index contributed by atoms with van der Waals surface area (Å²) in [6.45, 7) is 2.39. The Morgan fingerprint density at radius 3 is 2.39 bits per heavy atom. The van der Waals surface area contributed by atoms with E-state index in [1.807, 2.05) is 49.4 Å². The molecule has 5 nitrogen and oxygen atoms in total. The number of thioether (sulfide) groups is 1. The molecule has 0 saturated heterocycles. The van der Waals surface area contributed by atoms with Crippen molar-refractivity contribution in [2.45, 2.75) is 63.3 Å². The molecule has 1 saturated carbocycles. The van der Waals surface area contributed by atoms with Crippen LogP contribution >= 0.6 is 11.8 Å². The zero-order valence-electron chi connectivity index (χ0n) is 19.8. The number of amides is 2. The highest BCUT2D eigenvalue weighted by Gasteiger charge is 2.27. The molecule has 3 rings (SSSR count). The number of ether oxygens (including phenoxy) is 1. The number of rotatable bonds is 11. The summed E-state index contributed by atoms with van der Waals surface area (Å²) in [6.07, 6.45) is 6.38. The molecular formula is C27H36N2O3S. The number of hydrogen-bond donors (Lipinski definition) is 1. The third-order valence-electron chi connectivity index (χ3n) is 6.26. The summed E-state index contributed by atoms with van der Waals surface area (Å²) in [6, 6.07) is 17.8. The van der Waals surface area contributed by atoms with Gasteiger partial charge in [0.15, 0.2) is 0 Å². The van der Waals surface area contributed by atoms with E-state index in [2.05, 4.69) is 17.4 Å². The fourth-order valence-electron chi connectivity index (χ4n) is 4.20. The maximum absolute atomic E-state index is 13.2. The van der Waals surface area contributed by atoms with Crippen molar-refractivity contribution in [2.75, 3.05) is 19.4 Å². The van der Waals surface area contributed by atoms with Gasteiger partial charge in [0, 0.05) is 18.3 Å². The molecular weight excluding hydrogens is 432 g/mol. The van der Waals surface area contributed by atoms with Crippen molar-refractivity contribution in [1.29, 1.82) is 0 Å². The van der Waals surface area contributed by atoms with E-state index in [4.69, 9.17) is 4.74 Å². The van der Waals surface area contributed by atoms with Gasteiger partial charge in [0.1, 0.15) is 11.8 Å². The molecule has 1 fully saturated rings. The van der Waals surface area contributed by atoms with Gasteiger partial charge < -0.3 is 15.0 Å². The Morgan fingerprint density at radius 1 is 1.03 bits per heavy atom. The molecule has 1 aliphatic rings. The average molecular weight is 469 g/mol. The third kappa shape index (κ3) is 8.11. The Bertz CT molecular complexity index is 867. The van der Waals surface area contributed by atoms with Gasteiger partial charge in [0.05, 0.1) is 12.9 Å². The van der Waals surface area contributed by atoms with Gasteiger partial charge in [-0.3, -0.25) is 9.59 Å². The summed E-state index contributed by atoms with van der Waals surface area (Å²) < 4.78 is 5.20. The first kappa shape index (κ1) is 25.2. The second-order valence-electron chi connectivity index (χ2n) is 8.68. The number of nitrogens with one attached hydrogen (secondary N) is 1. The summed E-state index contributed by atoms with van der Waals surface area (Å²) >= 11 is 1.58. The molecule has 33 heavy (non-hydrogen) atoms. The molecule has 1 aliphatic carbocycles. The summed E-state index contributed by atoms with van der Waals surface area (Å²) in [5, 5.41) is 3.19. The van der Waals surface area contributed by atoms with Crippen molar-refractivity contribution >= 4 is 23.6 Å². The Morgan fingerprint density at radius 2 is 1.73 bits per heavy atom. The van der Waals surface area contributed by atoms with Gasteiger partial charge in [0.25, 0.3) is 0 Å². The smallest absolute Gasteiger partial charge is 0.242 e. The van der Waals surface area contributed by atoms with Gasteiger partial charge in [-0.15, -0.1) is 11.8 Å². The highest BCUT2D eigenvalue weighted by molar-refractivity contribution is 7.99. The maximum Gasteiger partial charge on any atom is 0.242 e. The minimum Gasteiger partial charge on any atom is -0.497 e. The van der Waals surface area contributed by atoms with Crippen LogP contribution in [0, 0.1) is 0 Å². The van der Waals surface area contributed by atoms with Crippen LogP contribution in [0.25, 0.3) is 0 Å². The van der Waals surface area contributed by atoms with Gasteiger partial charge in [-0.1, -0.05) is 61.7 Å². The first-order valence-electron chi connectivity index (χ1n) is 11.9. The lowest BCUT2D eigenvalue weighted by atomic mass is 9.95. The van der Waals surface area contributed by atoms with Crippen molar-refractivity contribution in [3.8, 4) is 5.75 Å². The Hall–Kier alpha value is -2.47. The van der Waals surface area contributed by atoms with E-state index in [9.17, 15) is 9.59 Å². The molecule has 0 radical (unpaired) electrons. The van der Waals surface area contributed by atoms with Crippen LogP contribution in [0.1, 0.15) is 50.2 Å². The van der Waals surface area contributed by atoms with Crippen LogP contribution in [0.5, 0.6) is 5.75 Å². The van der Waals surface area contributed by atoms with Crippen molar-refractivity contribution in [2.24, 2.45) is 0 Å². The van der Waals surface area contributed by atoms with Crippen LogP contribution in [-0.4, -0.2) is 48.2 Å². The van der Waals surface area contributed by atoms with E-state index in [0.717, 1.165) is 49.2 Å². The van der Waals surface area contributed by atoms with Crippen molar-refractivity contribution in [3.05, 3.63) is 65.7 Å². The zero-order chi connectivity index (χ0) is 23.5.